The highest BCUT2D eigenvalue weighted by molar-refractivity contribution is 9.10. The molecule has 0 radical (unpaired) electrons. The van der Waals surface area contributed by atoms with Gasteiger partial charge in [0.15, 0.2) is 5.78 Å². The molecule has 0 aliphatic heterocycles. The second kappa shape index (κ2) is 4.38. The van der Waals surface area contributed by atoms with E-state index in [-0.39, 0.29) is 5.78 Å². The van der Waals surface area contributed by atoms with E-state index in [1.54, 1.807) is 12.2 Å². The third-order valence-corrected chi connectivity index (χ3v) is 2.27. The normalized spacial score (nSPS) is 10.7. The lowest BCUT2D eigenvalue weighted by Crippen LogP contribution is -1.97. The number of allylic oxidation sites excluding steroid dienone is 2. The minimum Gasteiger partial charge on any atom is -0.289 e. The molecule has 0 aliphatic rings. The summed E-state index contributed by atoms with van der Waals surface area (Å²) in [7, 11) is 0. The number of benzene rings is 1. The predicted octanol–water partition coefficient (Wildman–Crippen LogP) is 3.52. The Morgan fingerprint density at radius 3 is 2.69 bits per heavy atom. The van der Waals surface area contributed by atoms with Crippen molar-refractivity contribution in [3.05, 3.63) is 46.0 Å². The van der Waals surface area contributed by atoms with Crippen molar-refractivity contribution in [1.82, 2.24) is 0 Å². The number of halogens is 1. The van der Waals surface area contributed by atoms with E-state index in [4.69, 9.17) is 0 Å². The van der Waals surface area contributed by atoms with Crippen molar-refractivity contribution in [3.63, 3.8) is 0 Å². The average molecular weight is 239 g/mol. The SMILES string of the molecule is CC=CC(=O)c1ccc(Br)cc1C. The quantitative estimate of drug-likeness (QED) is 0.570. The summed E-state index contributed by atoms with van der Waals surface area (Å²) in [4.78, 5) is 11.5. The van der Waals surface area contributed by atoms with E-state index in [2.05, 4.69) is 15.9 Å². The van der Waals surface area contributed by atoms with Gasteiger partial charge in [0.05, 0.1) is 0 Å². The number of carbonyl (C=O) groups excluding carboxylic acids is 1. The fourth-order valence-electron chi connectivity index (χ4n) is 1.14. The smallest absolute Gasteiger partial charge is 0.185 e. The summed E-state index contributed by atoms with van der Waals surface area (Å²) in [5.41, 5.74) is 1.76. The number of hydrogen-bond acceptors (Lipinski definition) is 1. The molecule has 0 atom stereocenters. The van der Waals surface area contributed by atoms with Gasteiger partial charge in [-0.15, -0.1) is 0 Å². The molecule has 1 aromatic rings. The Hall–Kier alpha value is -0.890. The number of ketones is 1. The molecule has 1 nitrogen and oxygen atoms in total. The fourth-order valence-corrected chi connectivity index (χ4v) is 1.62. The maximum absolute atomic E-state index is 11.5. The van der Waals surface area contributed by atoms with Crippen LogP contribution in [0.25, 0.3) is 0 Å². The lowest BCUT2D eigenvalue weighted by atomic mass is 10.0. The predicted molar refractivity (Wildman–Crippen MR) is 58.0 cm³/mol. The van der Waals surface area contributed by atoms with Gasteiger partial charge in [0, 0.05) is 10.0 Å². The van der Waals surface area contributed by atoms with Crippen LogP contribution in [0.3, 0.4) is 0 Å². The first-order valence-electron chi connectivity index (χ1n) is 4.08. The molecule has 2 heteroatoms. The van der Waals surface area contributed by atoms with Crippen LogP contribution in [0.15, 0.2) is 34.8 Å². The standard InChI is InChI=1S/C11H11BrO/c1-3-4-11(13)10-6-5-9(12)7-8(10)2/h3-7H,1-2H3. The van der Waals surface area contributed by atoms with E-state index in [0.29, 0.717) is 0 Å². The third kappa shape index (κ3) is 2.52. The van der Waals surface area contributed by atoms with E-state index in [1.165, 1.54) is 0 Å². The minimum atomic E-state index is 0.0625. The first-order valence-corrected chi connectivity index (χ1v) is 4.87. The van der Waals surface area contributed by atoms with Crippen LogP contribution in [0, 0.1) is 6.92 Å². The second-order valence-electron chi connectivity index (χ2n) is 2.82. The highest BCUT2D eigenvalue weighted by atomic mass is 79.9. The molecule has 0 heterocycles. The van der Waals surface area contributed by atoms with Crippen LogP contribution in [0.1, 0.15) is 22.8 Å². The molecule has 13 heavy (non-hydrogen) atoms. The zero-order chi connectivity index (χ0) is 9.84. The van der Waals surface area contributed by atoms with Gasteiger partial charge in [0.2, 0.25) is 0 Å². The average Bonchev–Trinajstić information content (AvgIpc) is 2.04. The molecule has 0 N–H and O–H groups in total. The van der Waals surface area contributed by atoms with E-state index in [9.17, 15) is 4.79 Å². The van der Waals surface area contributed by atoms with Gasteiger partial charge < -0.3 is 0 Å². The number of carbonyl (C=O) groups is 1. The number of hydrogen-bond donors (Lipinski definition) is 0. The van der Waals surface area contributed by atoms with Crippen molar-refractivity contribution >= 4 is 21.7 Å². The zero-order valence-electron chi connectivity index (χ0n) is 7.67. The molecular weight excluding hydrogens is 228 g/mol. The molecule has 0 spiro atoms. The van der Waals surface area contributed by atoms with E-state index in [0.717, 1.165) is 15.6 Å². The van der Waals surface area contributed by atoms with Crippen molar-refractivity contribution in [2.45, 2.75) is 13.8 Å². The summed E-state index contributed by atoms with van der Waals surface area (Å²) in [6.45, 7) is 3.77. The summed E-state index contributed by atoms with van der Waals surface area (Å²) in [6.07, 6.45) is 3.33. The van der Waals surface area contributed by atoms with Crippen LogP contribution in [-0.2, 0) is 0 Å². The zero-order valence-corrected chi connectivity index (χ0v) is 9.26. The Morgan fingerprint density at radius 2 is 2.15 bits per heavy atom. The Kier molecular flexibility index (Phi) is 3.43. The lowest BCUT2D eigenvalue weighted by molar-refractivity contribution is 0.104. The molecule has 0 aromatic heterocycles. The van der Waals surface area contributed by atoms with Gasteiger partial charge >= 0.3 is 0 Å². The molecule has 1 rings (SSSR count). The number of aryl methyl sites for hydroxylation is 1. The molecule has 0 saturated carbocycles. The Labute approximate surface area is 86.6 Å². The summed E-state index contributed by atoms with van der Waals surface area (Å²) in [6, 6.07) is 5.65. The van der Waals surface area contributed by atoms with Gasteiger partial charge in [-0.25, -0.2) is 0 Å². The van der Waals surface area contributed by atoms with Crippen molar-refractivity contribution in [2.75, 3.05) is 0 Å². The largest absolute Gasteiger partial charge is 0.289 e. The van der Waals surface area contributed by atoms with Crippen molar-refractivity contribution in [3.8, 4) is 0 Å². The third-order valence-electron chi connectivity index (χ3n) is 1.77. The molecule has 0 bridgehead atoms. The second-order valence-corrected chi connectivity index (χ2v) is 3.74. The highest BCUT2D eigenvalue weighted by Gasteiger charge is 2.04. The summed E-state index contributed by atoms with van der Waals surface area (Å²) < 4.78 is 1.00. The van der Waals surface area contributed by atoms with E-state index < -0.39 is 0 Å². The van der Waals surface area contributed by atoms with Crippen LogP contribution in [0.5, 0.6) is 0 Å². The van der Waals surface area contributed by atoms with Crippen molar-refractivity contribution in [1.29, 1.82) is 0 Å². The Bertz CT molecular complexity index is 353. The van der Waals surface area contributed by atoms with Gasteiger partial charge in [-0.05, 0) is 43.7 Å². The molecule has 0 amide bonds. The summed E-state index contributed by atoms with van der Waals surface area (Å²) in [5, 5.41) is 0. The Morgan fingerprint density at radius 1 is 1.46 bits per heavy atom. The fraction of sp³-hybridized carbons (Fsp3) is 0.182. The van der Waals surface area contributed by atoms with E-state index >= 15 is 0 Å². The maximum atomic E-state index is 11.5. The topological polar surface area (TPSA) is 17.1 Å². The number of rotatable bonds is 2. The van der Waals surface area contributed by atoms with Gasteiger partial charge in [-0.3, -0.25) is 4.79 Å². The molecule has 68 valence electrons. The first-order chi connectivity index (χ1) is 6.15. The molecule has 0 aliphatic carbocycles. The highest BCUT2D eigenvalue weighted by Crippen LogP contribution is 2.16. The van der Waals surface area contributed by atoms with Crippen LogP contribution >= 0.6 is 15.9 Å². The minimum absolute atomic E-state index is 0.0625. The summed E-state index contributed by atoms with van der Waals surface area (Å²) in [5.74, 6) is 0.0625. The van der Waals surface area contributed by atoms with Crippen LogP contribution < -0.4 is 0 Å². The van der Waals surface area contributed by atoms with E-state index in [1.807, 2.05) is 32.0 Å². The van der Waals surface area contributed by atoms with Gasteiger partial charge in [0.1, 0.15) is 0 Å². The maximum Gasteiger partial charge on any atom is 0.185 e. The van der Waals surface area contributed by atoms with Crippen LogP contribution in [0.4, 0.5) is 0 Å². The monoisotopic (exact) mass is 238 g/mol. The van der Waals surface area contributed by atoms with Crippen LogP contribution in [0.2, 0.25) is 0 Å². The van der Waals surface area contributed by atoms with Gasteiger partial charge in [0.25, 0.3) is 0 Å². The van der Waals surface area contributed by atoms with Crippen molar-refractivity contribution < 1.29 is 4.79 Å². The molecule has 0 unspecified atom stereocenters. The van der Waals surface area contributed by atoms with Crippen LogP contribution in [-0.4, -0.2) is 5.78 Å². The van der Waals surface area contributed by atoms with Gasteiger partial charge in [-0.1, -0.05) is 22.0 Å². The first kappa shape index (κ1) is 10.2. The van der Waals surface area contributed by atoms with Crippen molar-refractivity contribution in [2.24, 2.45) is 0 Å². The molecule has 1 aromatic carbocycles. The summed E-state index contributed by atoms with van der Waals surface area (Å²) >= 11 is 3.36. The van der Waals surface area contributed by atoms with Gasteiger partial charge in [-0.2, -0.15) is 0 Å². The lowest BCUT2D eigenvalue weighted by Gasteiger charge is -2.01. The molecule has 0 saturated heterocycles. The molecule has 0 fully saturated rings. The molecular formula is C11H11BrO. The Balaban J connectivity index is 3.09.